The molecule has 152 valence electrons. The third-order valence-corrected chi connectivity index (χ3v) is 7.70. The van der Waals surface area contributed by atoms with Crippen LogP contribution in [0.4, 0.5) is 0 Å². The first-order chi connectivity index (χ1) is 14.1. The topological polar surface area (TPSA) is 77.0 Å². The number of hydrogen-bond acceptors (Lipinski definition) is 6. The van der Waals surface area contributed by atoms with Crippen molar-refractivity contribution in [3.63, 3.8) is 0 Å². The molecule has 2 unspecified atom stereocenters. The minimum Gasteiger partial charge on any atom is -0.305 e. The minimum absolute atomic E-state index is 0.0356. The maximum Gasteiger partial charge on any atom is 0.377 e. The van der Waals surface area contributed by atoms with Crippen LogP contribution in [0.25, 0.3) is 0 Å². The average Bonchev–Trinajstić information content (AvgIpc) is 3.13. The standard InChI is InChI=1S/C22H25N2O4P/c1-3-27-29(26,28-4-2)21-19(17-11-6-5-7-12-17)22(24-23-21)15-14-16-10-8-9-13-18(16)20(22)25/h5-13,19,24H,3-4,14-15H2,1-2H3. The number of nitrogens with one attached hydrogen (secondary N) is 1. The largest absolute Gasteiger partial charge is 0.377 e. The Kier molecular flexibility index (Phi) is 5.43. The molecule has 0 bridgehead atoms. The molecule has 2 atom stereocenters. The molecule has 0 fully saturated rings. The molecule has 1 heterocycles. The number of hydrazone groups is 1. The number of nitrogens with zero attached hydrogens (tertiary/aromatic N) is 1. The molecule has 2 aromatic carbocycles. The first kappa shape index (κ1) is 20.0. The van der Waals surface area contributed by atoms with Gasteiger partial charge in [0.15, 0.2) is 11.2 Å². The van der Waals surface area contributed by atoms with Crippen LogP contribution in [-0.2, 0) is 20.0 Å². The van der Waals surface area contributed by atoms with Crippen molar-refractivity contribution in [3.8, 4) is 0 Å². The number of carbonyl (C=O) groups excluding carboxylic acids is 1. The molecule has 0 saturated carbocycles. The van der Waals surface area contributed by atoms with Crippen LogP contribution in [0, 0.1) is 0 Å². The predicted octanol–water partition coefficient (Wildman–Crippen LogP) is 4.52. The summed E-state index contributed by atoms with van der Waals surface area (Å²) >= 11 is 0. The highest BCUT2D eigenvalue weighted by atomic mass is 31.2. The van der Waals surface area contributed by atoms with Crippen LogP contribution in [0.5, 0.6) is 0 Å². The number of ketones is 1. The van der Waals surface area contributed by atoms with E-state index in [0.717, 1.165) is 17.5 Å². The number of benzene rings is 2. The van der Waals surface area contributed by atoms with E-state index in [2.05, 4.69) is 10.5 Å². The second-order valence-electron chi connectivity index (χ2n) is 7.22. The van der Waals surface area contributed by atoms with E-state index < -0.39 is 19.1 Å². The van der Waals surface area contributed by atoms with Crippen LogP contribution in [0.2, 0.25) is 0 Å². The van der Waals surface area contributed by atoms with Gasteiger partial charge in [-0.25, -0.2) is 0 Å². The molecular weight excluding hydrogens is 387 g/mol. The van der Waals surface area contributed by atoms with Gasteiger partial charge in [-0.05, 0) is 37.8 Å². The lowest BCUT2D eigenvalue weighted by Crippen LogP contribution is -2.54. The highest BCUT2D eigenvalue weighted by molar-refractivity contribution is 7.72. The van der Waals surface area contributed by atoms with Crippen molar-refractivity contribution in [1.29, 1.82) is 0 Å². The number of fused-ring (bicyclic) bond motifs is 1. The smallest absolute Gasteiger partial charge is 0.305 e. The van der Waals surface area contributed by atoms with E-state index in [-0.39, 0.29) is 24.4 Å². The summed E-state index contributed by atoms with van der Waals surface area (Å²) in [4.78, 5) is 13.7. The van der Waals surface area contributed by atoms with Gasteiger partial charge < -0.3 is 9.05 Å². The van der Waals surface area contributed by atoms with Crippen LogP contribution >= 0.6 is 7.60 Å². The van der Waals surface area contributed by atoms with Crippen LogP contribution in [0.1, 0.15) is 47.7 Å². The van der Waals surface area contributed by atoms with Gasteiger partial charge in [0.25, 0.3) is 0 Å². The summed E-state index contributed by atoms with van der Waals surface area (Å²) in [6.07, 6.45) is 1.28. The molecule has 1 aliphatic heterocycles. The summed E-state index contributed by atoms with van der Waals surface area (Å²) in [5.74, 6) is -0.569. The van der Waals surface area contributed by atoms with Crippen LogP contribution in [-0.4, -0.2) is 30.0 Å². The molecule has 1 N–H and O–H groups in total. The lowest BCUT2D eigenvalue weighted by atomic mass is 9.69. The van der Waals surface area contributed by atoms with Gasteiger partial charge in [-0.2, -0.15) is 5.10 Å². The molecule has 6 nitrogen and oxygen atoms in total. The zero-order chi connectivity index (χ0) is 20.5. The molecule has 29 heavy (non-hydrogen) atoms. The maximum absolute atomic E-state index is 13.7. The summed E-state index contributed by atoms with van der Waals surface area (Å²) in [5.41, 5.74) is 4.94. The quantitative estimate of drug-likeness (QED) is 0.706. The lowest BCUT2D eigenvalue weighted by molar-refractivity contribution is 0.0826. The fourth-order valence-corrected chi connectivity index (χ4v) is 6.22. The molecule has 1 spiro atoms. The molecule has 7 heteroatoms. The molecule has 1 aliphatic carbocycles. The third-order valence-electron chi connectivity index (χ3n) is 5.59. The van der Waals surface area contributed by atoms with Crippen molar-refractivity contribution in [2.45, 2.75) is 38.1 Å². The zero-order valence-corrected chi connectivity index (χ0v) is 17.5. The Balaban J connectivity index is 1.85. The second kappa shape index (κ2) is 7.86. The van der Waals surface area contributed by atoms with Crippen molar-refractivity contribution in [1.82, 2.24) is 5.43 Å². The summed E-state index contributed by atoms with van der Waals surface area (Å²) in [6.45, 7) is 3.98. The molecule has 2 aliphatic rings. The Labute approximate surface area is 170 Å². The Bertz CT molecular complexity index is 981. The Hall–Kier alpha value is -2.27. The predicted molar refractivity (Wildman–Crippen MR) is 112 cm³/mol. The van der Waals surface area contributed by atoms with Gasteiger partial charge in [-0.3, -0.25) is 14.8 Å². The molecule has 4 rings (SSSR count). The number of Topliss-reactive ketones (excluding diaryl/α,β-unsaturated/α-hetero) is 1. The summed E-state index contributed by atoms with van der Waals surface area (Å²) < 4.78 is 24.8. The van der Waals surface area contributed by atoms with Crippen molar-refractivity contribution in [3.05, 3.63) is 71.3 Å². The Morgan fingerprint density at radius 3 is 2.41 bits per heavy atom. The first-order valence-corrected chi connectivity index (χ1v) is 11.5. The van der Waals surface area contributed by atoms with Gasteiger partial charge in [-0.1, -0.05) is 54.6 Å². The van der Waals surface area contributed by atoms with Crippen molar-refractivity contribution >= 4 is 18.8 Å². The second-order valence-corrected chi connectivity index (χ2v) is 9.19. The Morgan fingerprint density at radius 2 is 1.72 bits per heavy atom. The average molecular weight is 412 g/mol. The first-order valence-electron chi connectivity index (χ1n) is 9.98. The minimum atomic E-state index is -3.66. The van der Waals surface area contributed by atoms with Gasteiger partial charge in [0, 0.05) is 5.56 Å². The van der Waals surface area contributed by atoms with Crippen molar-refractivity contribution in [2.24, 2.45) is 5.10 Å². The fraction of sp³-hybridized carbons (Fsp3) is 0.364. The maximum atomic E-state index is 13.7. The third kappa shape index (κ3) is 3.25. The van der Waals surface area contributed by atoms with Crippen LogP contribution in [0.3, 0.4) is 0 Å². The molecular formula is C22H25N2O4P. The van der Waals surface area contributed by atoms with E-state index in [4.69, 9.17) is 9.05 Å². The molecule has 0 aromatic heterocycles. The van der Waals surface area contributed by atoms with E-state index in [1.165, 1.54) is 0 Å². The van der Waals surface area contributed by atoms with Crippen LogP contribution < -0.4 is 5.43 Å². The number of aryl methyl sites for hydroxylation is 1. The highest BCUT2D eigenvalue weighted by Gasteiger charge is 2.58. The highest BCUT2D eigenvalue weighted by Crippen LogP contribution is 2.58. The molecule has 0 radical (unpaired) electrons. The van der Waals surface area contributed by atoms with Crippen LogP contribution in [0.15, 0.2) is 59.7 Å². The summed E-state index contributed by atoms with van der Waals surface area (Å²) in [5, 5.41) is 4.44. The van der Waals surface area contributed by atoms with E-state index in [9.17, 15) is 9.36 Å². The van der Waals surface area contributed by atoms with Gasteiger partial charge in [-0.15, -0.1) is 0 Å². The monoisotopic (exact) mass is 412 g/mol. The van der Waals surface area contributed by atoms with Crippen molar-refractivity contribution in [2.75, 3.05) is 13.2 Å². The van der Waals surface area contributed by atoms with E-state index in [1.807, 2.05) is 54.6 Å². The fourth-order valence-electron chi connectivity index (χ4n) is 4.34. The van der Waals surface area contributed by atoms with Gasteiger partial charge >= 0.3 is 7.60 Å². The Morgan fingerprint density at radius 1 is 1.07 bits per heavy atom. The number of rotatable bonds is 6. The van der Waals surface area contributed by atoms with E-state index in [1.54, 1.807) is 13.8 Å². The van der Waals surface area contributed by atoms with Gasteiger partial charge in [0.05, 0.1) is 19.1 Å². The molecule has 0 saturated heterocycles. The normalized spacial score (nSPS) is 23.6. The SMILES string of the molecule is CCOP(=O)(OCC)C1=NNC2(CCc3ccccc3C2=O)C1c1ccccc1. The lowest BCUT2D eigenvalue weighted by Gasteiger charge is -2.38. The van der Waals surface area contributed by atoms with Crippen molar-refractivity contribution < 1.29 is 18.4 Å². The van der Waals surface area contributed by atoms with Gasteiger partial charge in [0.2, 0.25) is 0 Å². The van der Waals surface area contributed by atoms with Gasteiger partial charge in [0.1, 0.15) is 5.54 Å². The number of hydrogen-bond donors (Lipinski definition) is 1. The van der Waals surface area contributed by atoms with E-state index in [0.29, 0.717) is 12.0 Å². The zero-order valence-electron chi connectivity index (χ0n) is 16.6. The molecule has 0 amide bonds. The molecule has 2 aromatic rings. The number of carbonyl (C=O) groups is 1. The summed E-state index contributed by atoms with van der Waals surface area (Å²) in [7, 11) is -3.66. The summed E-state index contributed by atoms with van der Waals surface area (Å²) in [6, 6.07) is 17.3. The van der Waals surface area contributed by atoms with E-state index >= 15 is 0 Å².